The van der Waals surface area contributed by atoms with Gasteiger partial charge in [0.05, 0.1) is 5.52 Å². The Kier molecular flexibility index (Phi) is 3.43. The molecular weight excluding hydrogens is 222 g/mol. The molecule has 1 atom stereocenters. The molecular formula is C13H16F2N2. The molecule has 1 unspecified atom stereocenters. The van der Waals surface area contributed by atoms with Crippen molar-refractivity contribution < 1.29 is 8.78 Å². The molecule has 0 fully saturated rings. The summed E-state index contributed by atoms with van der Waals surface area (Å²) in [4.78, 5) is 0. The van der Waals surface area contributed by atoms with Gasteiger partial charge < -0.3 is 5.73 Å². The summed E-state index contributed by atoms with van der Waals surface area (Å²) in [7, 11) is 0. The number of nitrogens with zero attached hydrogens (tertiary/aromatic N) is 1. The maximum atomic E-state index is 12.7. The van der Waals surface area contributed by atoms with Gasteiger partial charge in [0.1, 0.15) is 0 Å². The van der Waals surface area contributed by atoms with Crippen molar-refractivity contribution in [3.05, 3.63) is 36.0 Å². The van der Waals surface area contributed by atoms with E-state index >= 15 is 0 Å². The van der Waals surface area contributed by atoms with E-state index in [1.807, 2.05) is 13.0 Å². The van der Waals surface area contributed by atoms with Gasteiger partial charge in [0, 0.05) is 17.6 Å². The highest BCUT2D eigenvalue weighted by Gasteiger charge is 2.12. The number of aromatic nitrogens is 1. The van der Waals surface area contributed by atoms with Crippen LogP contribution in [0, 0.1) is 0 Å². The Labute approximate surface area is 99.0 Å². The lowest BCUT2D eigenvalue weighted by atomic mass is 10.0. The molecule has 0 aliphatic heterocycles. The summed E-state index contributed by atoms with van der Waals surface area (Å²) >= 11 is 0. The predicted molar refractivity (Wildman–Crippen MR) is 65.2 cm³/mol. The van der Waals surface area contributed by atoms with Gasteiger partial charge in [0.15, 0.2) is 0 Å². The summed E-state index contributed by atoms with van der Waals surface area (Å²) < 4.78 is 26.4. The SMILES string of the molecule is CCC(N)Cc1cccc2c1ccn2C(F)F. The van der Waals surface area contributed by atoms with Crippen molar-refractivity contribution in [3.63, 3.8) is 0 Å². The first-order chi connectivity index (χ1) is 8.13. The Morgan fingerprint density at radius 2 is 2.06 bits per heavy atom. The number of hydrogen-bond donors (Lipinski definition) is 1. The molecule has 0 saturated carbocycles. The topological polar surface area (TPSA) is 30.9 Å². The van der Waals surface area contributed by atoms with E-state index in [0.717, 1.165) is 28.4 Å². The van der Waals surface area contributed by atoms with Gasteiger partial charge in [0.2, 0.25) is 0 Å². The maximum Gasteiger partial charge on any atom is 0.319 e. The van der Waals surface area contributed by atoms with Gasteiger partial charge >= 0.3 is 6.55 Å². The molecule has 2 N–H and O–H groups in total. The van der Waals surface area contributed by atoms with E-state index in [1.54, 1.807) is 18.2 Å². The van der Waals surface area contributed by atoms with Crippen molar-refractivity contribution in [1.82, 2.24) is 4.57 Å². The third-order valence-corrected chi connectivity index (χ3v) is 3.07. The lowest BCUT2D eigenvalue weighted by Crippen LogP contribution is -2.21. The molecule has 17 heavy (non-hydrogen) atoms. The molecule has 2 rings (SSSR count). The van der Waals surface area contributed by atoms with Crippen molar-refractivity contribution >= 4 is 10.9 Å². The zero-order valence-corrected chi connectivity index (χ0v) is 9.74. The second-order valence-electron chi connectivity index (χ2n) is 4.22. The van der Waals surface area contributed by atoms with Crippen LogP contribution in [0.3, 0.4) is 0 Å². The Bertz CT molecular complexity index is 505. The standard InChI is InChI=1S/C13H16F2N2/c1-2-10(16)8-9-4-3-5-12-11(9)6-7-17(12)13(14)15/h3-7,10,13H,2,8,16H2,1H3. The average molecular weight is 238 g/mol. The van der Waals surface area contributed by atoms with Gasteiger partial charge in [-0.2, -0.15) is 8.78 Å². The molecule has 1 heterocycles. The van der Waals surface area contributed by atoms with Crippen molar-refractivity contribution in [1.29, 1.82) is 0 Å². The molecule has 0 bridgehead atoms. The van der Waals surface area contributed by atoms with Gasteiger partial charge in [-0.25, -0.2) is 0 Å². The number of hydrogen-bond acceptors (Lipinski definition) is 1. The Morgan fingerprint density at radius 3 is 2.71 bits per heavy atom. The summed E-state index contributed by atoms with van der Waals surface area (Å²) in [5.41, 5.74) is 7.52. The van der Waals surface area contributed by atoms with Crippen LogP contribution in [-0.2, 0) is 6.42 Å². The second kappa shape index (κ2) is 4.84. The number of nitrogens with two attached hydrogens (primary N) is 1. The summed E-state index contributed by atoms with van der Waals surface area (Å²) in [6.07, 6.45) is 3.03. The molecule has 0 radical (unpaired) electrons. The van der Waals surface area contributed by atoms with E-state index in [-0.39, 0.29) is 6.04 Å². The molecule has 0 aliphatic rings. The highest BCUT2D eigenvalue weighted by atomic mass is 19.3. The van der Waals surface area contributed by atoms with Gasteiger partial charge in [0.25, 0.3) is 0 Å². The zero-order chi connectivity index (χ0) is 12.4. The molecule has 1 aromatic heterocycles. The molecule has 0 spiro atoms. The van der Waals surface area contributed by atoms with Crippen LogP contribution >= 0.6 is 0 Å². The van der Waals surface area contributed by atoms with Gasteiger partial charge in [-0.1, -0.05) is 19.1 Å². The van der Waals surface area contributed by atoms with Gasteiger partial charge in [-0.15, -0.1) is 0 Å². The first kappa shape index (κ1) is 12.0. The molecule has 2 nitrogen and oxygen atoms in total. The normalized spacial score (nSPS) is 13.5. The van der Waals surface area contributed by atoms with Crippen LogP contribution in [-0.4, -0.2) is 10.6 Å². The maximum absolute atomic E-state index is 12.7. The van der Waals surface area contributed by atoms with E-state index in [4.69, 9.17) is 5.73 Å². The fraction of sp³-hybridized carbons (Fsp3) is 0.385. The summed E-state index contributed by atoms with van der Waals surface area (Å²) in [6.45, 7) is -0.475. The van der Waals surface area contributed by atoms with Crippen LogP contribution < -0.4 is 5.73 Å². The van der Waals surface area contributed by atoms with Gasteiger partial charge in [-0.05, 0) is 30.5 Å². The Balaban J connectivity index is 2.44. The van der Waals surface area contributed by atoms with Crippen molar-refractivity contribution in [2.75, 3.05) is 0 Å². The van der Waals surface area contributed by atoms with Crippen molar-refractivity contribution in [2.45, 2.75) is 32.4 Å². The first-order valence-electron chi connectivity index (χ1n) is 5.75. The van der Waals surface area contributed by atoms with Crippen molar-refractivity contribution in [2.24, 2.45) is 5.73 Å². The number of halogens is 2. The molecule has 0 aliphatic carbocycles. The molecule has 4 heteroatoms. The molecule has 0 amide bonds. The fourth-order valence-electron chi connectivity index (χ4n) is 2.03. The van der Waals surface area contributed by atoms with Crippen LogP contribution in [0.2, 0.25) is 0 Å². The van der Waals surface area contributed by atoms with Crippen LogP contribution in [0.4, 0.5) is 8.78 Å². The molecule has 1 aromatic carbocycles. The van der Waals surface area contributed by atoms with E-state index < -0.39 is 6.55 Å². The van der Waals surface area contributed by atoms with Crippen LogP contribution in [0.1, 0.15) is 25.5 Å². The van der Waals surface area contributed by atoms with E-state index in [0.29, 0.717) is 5.52 Å². The zero-order valence-electron chi connectivity index (χ0n) is 9.74. The number of benzene rings is 1. The average Bonchev–Trinajstić information content (AvgIpc) is 2.73. The van der Waals surface area contributed by atoms with Crippen LogP contribution in [0.15, 0.2) is 30.5 Å². The number of alkyl halides is 2. The summed E-state index contributed by atoms with van der Waals surface area (Å²) in [5.74, 6) is 0. The predicted octanol–water partition coefficient (Wildman–Crippen LogP) is 3.32. The number of rotatable bonds is 4. The Morgan fingerprint density at radius 1 is 1.29 bits per heavy atom. The molecule has 0 saturated heterocycles. The van der Waals surface area contributed by atoms with Gasteiger partial charge in [-0.3, -0.25) is 4.57 Å². The van der Waals surface area contributed by atoms with Crippen molar-refractivity contribution in [3.8, 4) is 0 Å². The van der Waals surface area contributed by atoms with E-state index in [1.165, 1.54) is 6.20 Å². The van der Waals surface area contributed by atoms with E-state index in [2.05, 4.69) is 0 Å². The molecule has 2 aromatic rings. The molecule has 92 valence electrons. The highest BCUT2D eigenvalue weighted by Crippen LogP contribution is 2.25. The fourth-order valence-corrected chi connectivity index (χ4v) is 2.03. The largest absolute Gasteiger partial charge is 0.327 e. The second-order valence-corrected chi connectivity index (χ2v) is 4.22. The minimum atomic E-state index is -2.50. The third-order valence-electron chi connectivity index (χ3n) is 3.07. The monoisotopic (exact) mass is 238 g/mol. The Hall–Kier alpha value is -1.42. The van der Waals surface area contributed by atoms with Crippen LogP contribution in [0.5, 0.6) is 0 Å². The quantitative estimate of drug-likeness (QED) is 0.870. The highest BCUT2D eigenvalue weighted by molar-refractivity contribution is 5.83. The summed E-state index contributed by atoms with van der Waals surface area (Å²) in [6, 6.07) is 7.28. The van der Waals surface area contributed by atoms with Crippen LogP contribution in [0.25, 0.3) is 10.9 Å². The smallest absolute Gasteiger partial charge is 0.319 e. The lowest BCUT2D eigenvalue weighted by Gasteiger charge is -2.10. The number of fused-ring (bicyclic) bond motifs is 1. The summed E-state index contributed by atoms with van der Waals surface area (Å²) in [5, 5.41) is 0.872. The van der Waals surface area contributed by atoms with E-state index in [9.17, 15) is 8.78 Å². The minimum Gasteiger partial charge on any atom is -0.327 e. The lowest BCUT2D eigenvalue weighted by molar-refractivity contribution is 0.0752. The third kappa shape index (κ3) is 2.31. The minimum absolute atomic E-state index is 0.0792. The first-order valence-corrected chi connectivity index (χ1v) is 5.75.